The second-order valence-corrected chi connectivity index (χ2v) is 3.95. The highest BCUT2D eigenvalue weighted by Gasteiger charge is 2.18. The number of ether oxygens (including phenoxy) is 1. The van der Waals surface area contributed by atoms with Crippen LogP contribution < -0.4 is 4.74 Å². The lowest BCUT2D eigenvalue weighted by Gasteiger charge is -2.08. The quantitative estimate of drug-likeness (QED) is 0.859. The molecule has 0 fully saturated rings. The van der Waals surface area contributed by atoms with Gasteiger partial charge in [0.05, 0.1) is 12.8 Å². The Morgan fingerprint density at radius 3 is 2.67 bits per heavy atom. The lowest BCUT2D eigenvalue weighted by molar-refractivity contribution is 0.295. The number of rotatable bonds is 4. The lowest BCUT2D eigenvalue weighted by Crippen LogP contribution is -2.01. The maximum atomic E-state index is 9.85. The van der Waals surface area contributed by atoms with Crippen LogP contribution in [0.2, 0.25) is 0 Å². The van der Waals surface area contributed by atoms with Crippen molar-refractivity contribution in [3.8, 4) is 17.3 Å². The van der Waals surface area contributed by atoms with Crippen LogP contribution in [0.15, 0.2) is 24.3 Å². The molecule has 0 radical (unpaired) electrons. The van der Waals surface area contributed by atoms with Crippen LogP contribution in [0.3, 0.4) is 0 Å². The van der Waals surface area contributed by atoms with Crippen LogP contribution in [0.4, 0.5) is 0 Å². The third kappa shape index (κ3) is 2.04. The molecule has 0 saturated carbocycles. The number of aromatic nitrogens is 2. The second kappa shape index (κ2) is 5.10. The van der Waals surface area contributed by atoms with E-state index < -0.39 is 0 Å². The van der Waals surface area contributed by atoms with Crippen molar-refractivity contribution in [3.63, 3.8) is 0 Å². The molecule has 0 spiro atoms. The van der Waals surface area contributed by atoms with Crippen molar-refractivity contribution < 1.29 is 14.9 Å². The van der Waals surface area contributed by atoms with E-state index in [9.17, 15) is 5.11 Å². The number of aryl methyl sites for hydroxylation is 1. The minimum Gasteiger partial charge on any atom is -0.506 e. The second-order valence-electron chi connectivity index (χ2n) is 3.95. The molecule has 96 valence electrons. The molecule has 2 N–H and O–H groups in total. The lowest BCUT2D eigenvalue weighted by atomic mass is 10.2. The Hall–Kier alpha value is -2.01. The van der Waals surface area contributed by atoms with Crippen LogP contribution in [-0.4, -0.2) is 33.7 Å². The summed E-state index contributed by atoms with van der Waals surface area (Å²) in [5.41, 5.74) is 2.19. The van der Waals surface area contributed by atoms with E-state index in [4.69, 9.17) is 9.84 Å². The summed E-state index contributed by atoms with van der Waals surface area (Å²) in [7, 11) is 1.55. The monoisotopic (exact) mass is 248 g/mol. The molecule has 18 heavy (non-hydrogen) atoms. The van der Waals surface area contributed by atoms with Gasteiger partial charge in [-0.2, -0.15) is 9.78 Å². The predicted molar refractivity (Wildman–Crippen MR) is 67.3 cm³/mol. The molecule has 2 aromatic rings. The molecule has 5 nitrogen and oxygen atoms in total. The van der Waals surface area contributed by atoms with Gasteiger partial charge in [-0.1, -0.05) is 12.1 Å². The summed E-state index contributed by atoms with van der Waals surface area (Å²) in [5.74, 6) is 0.678. The van der Waals surface area contributed by atoms with E-state index in [0.29, 0.717) is 18.0 Å². The molecule has 0 aliphatic carbocycles. The van der Waals surface area contributed by atoms with Crippen LogP contribution in [0, 0.1) is 6.92 Å². The molecule has 2 rings (SSSR count). The molecular formula is C13H16N2O3. The third-order valence-electron chi connectivity index (χ3n) is 2.80. The van der Waals surface area contributed by atoms with Gasteiger partial charge in [0.2, 0.25) is 5.88 Å². The van der Waals surface area contributed by atoms with Crippen LogP contribution in [0.5, 0.6) is 11.6 Å². The first-order chi connectivity index (χ1) is 8.69. The smallest absolute Gasteiger partial charge is 0.220 e. The highest BCUT2D eigenvalue weighted by molar-refractivity contribution is 5.49. The number of para-hydroxylation sites is 2. The first-order valence-electron chi connectivity index (χ1n) is 5.70. The molecular weight excluding hydrogens is 232 g/mol. The molecule has 0 atom stereocenters. The van der Waals surface area contributed by atoms with E-state index >= 15 is 0 Å². The van der Waals surface area contributed by atoms with Crippen molar-refractivity contribution in [2.75, 3.05) is 13.7 Å². The van der Waals surface area contributed by atoms with Gasteiger partial charge in [-0.3, -0.25) is 0 Å². The highest BCUT2D eigenvalue weighted by Crippen LogP contribution is 2.29. The summed E-state index contributed by atoms with van der Waals surface area (Å²) < 4.78 is 6.89. The largest absolute Gasteiger partial charge is 0.506 e. The average Bonchev–Trinajstić information content (AvgIpc) is 2.67. The van der Waals surface area contributed by atoms with Gasteiger partial charge in [0.1, 0.15) is 11.4 Å². The topological polar surface area (TPSA) is 67.5 Å². The van der Waals surface area contributed by atoms with E-state index in [1.54, 1.807) is 30.0 Å². The summed E-state index contributed by atoms with van der Waals surface area (Å²) >= 11 is 0. The number of hydrogen-bond acceptors (Lipinski definition) is 4. The summed E-state index contributed by atoms with van der Waals surface area (Å²) in [4.78, 5) is 0. The van der Waals surface area contributed by atoms with E-state index in [2.05, 4.69) is 5.10 Å². The zero-order valence-electron chi connectivity index (χ0n) is 10.4. The van der Waals surface area contributed by atoms with E-state index in [1.165, 1.54) is 0 Å². The van der Waals surface area contributed by atoms with Gasteiger partial charge in [-0.25, -0.2) is 0 Å². The summed E-state index contributed by atoms with van der Waals surface area (Å²) in [6, 6.07) is 6.91. The molecule has 0 saturated heterocycles. The third-order valence-corrected chi connectivity index (χ3v) is 2.80. The van der Waals surface area contributed by atoms with Gasteiger partial charge in [-0.15, -0.1) is 0 Å². The van der Waals surface area contributed by atoms with E-state index in [0.717, 1.165) is 11.3 Å². The summed E-state index contributed by atoms with van der Waals surface area (Å²) in [6.07, 6.45) is 0.475. The minimum absolute atomic E-state index is 0.0314. The molecule has 0 amide bonds. The zero-order valence-corrected chi connectivity index (χ0v) is 10.4. The van der Waals surface area contributed by atoms with Crippen molar-refractivity contribution in [2.45, 2.75) is 13.3 Å². The maximum absolute atomic E-state index is 9.85. The number of benzene rings is 1. The predicted octanol–water partition coefficient (Wildman–Crippen LogP) is 1.43. The normalized spacial score (nSPS) is 10.6. The number of hydrogen-bond donors (Lipinski definition) is 2. The van der Waals surface area contributed by atoms with Gasteiger partial charge in [0.15, 0.2) is 0 Å². The van der Waals surface area contributed by atoms with Crippen LogP contribution in [0.25, 0.3) is 5.69 Å². The molecule has 1 heterocycles. The van der Waals surface area contributed by atoms with Gasteiger partial charge >= 0.3 is 0 Å². The first kappa shape index (κ1) is 12.4. The van der Waals surface area contributed by atoms with E-state index in [-0.39, 0.29) is 12.4 Å². The summed E-state index contributed by atoms with van der Waals surface area (Å²) in [6.45, 7) is 1.88. The Morgan fingerprint density at radius 2 is 2.06 bits per heavy atom. The first-order valence-corrected chi connectivity index (χ1v) is 5.70. The molecule has 1 aromatic heterocycles. The van der Waals surface area contributed by atoms with Crippen molar-refractivity contribution in [2.24, 2.45) is 0 Å². The van der Waals surface area contributed by atoms with Gasteiger partial charge < -0.3 is 14.9 Å². The molecule has 0 aliphatic heterocycles. The Morgan fingerprint density at radius 1 is 1.33 bits per heavy atom. The molecule has 0 bridgehead atoms. The van der Waals surface area contributed by atoms with Crippen LogP contribution in [-0.2, 0) is 6.42 Å². The number of methoxy groups -OCH3 is 1. The fourth-order valence-corrected chi connectivity index (χ4v) is 1.95. The molecule has 1 aromatic carbocycles. The summed E-state index contributed by atoms with van der Waals surface area (Å²) in [5, 5.41) is 23.3. The Kier molecular flexibility index (Phi) is 3.53. The number of aliphatic hydroxyl groups excluding tert-OH is 1. The molecule has 5 heteroatoms. The fraction of sp³-hybridized carbons (Fsp3) is 0.308. The van der Waals surface area contributed by atoms with Crippen molar-refractivity contribution in [1.82, 2.24) is 9.78 Å². The minimum atomic E-state index is 0.0314. The molecule has 0 aliphatic rings. The van der Waals surface area contributed by atoms with Crippen molar-refractivity contribution >= 4 is 0 Å². The van der Waals surface area contributed by atoms with E-state index in [1.807, 2.05) is 13.0 Å². The number of phenolic OH excluding ortho intramolecular Hbond substituents is 1. The van der Waals surface area contributed by atoms with Crippen molar-refractivity contribution in [1.29, 1.82) is 0 Å². The fourth-order valence-electron chi connectivity index (χ4n) is 1.95. The highest BCUT2D eigenvalue weighted by atomic mass is 16.5. The average molecular weight is 248 g/mol. The SMILES string of the molecule is COc1c(CCO)c(C)nn1-c1ccccc1O. The number of nitrogens with zero attached hydrogens (tertiary/aromatic N) is 2. The maximum Gasteiger partial charge on any atom is 0.220 e. The Balaban J connectivity index is 2.58. The number of phenols is 1. The Bertz CT molecular complexity index is 549. The Labute approximate surface area is 105 Å². The van der Waals surface area contributed by atoms with Crippen LogP contribution in [0.1, 0.15) is 11.3 Å². The van der Waals surface area contributed by atoms with Crippen molar-refractivity contribution in [3.05, 3.63) is 35.5 Å². The van der Waals surface area contributed by atoms with Gasteiger partial charge in [0.25, 0.3) is 0 Å². The number of aliphatic hydroxyl groups is 1. The standard InChI is InChI=1S/C13H16N2O3/c1-9-10(7-8-16)13(18-2)15(14-9)11-5-3-4-6-12(11)17/h3-6,16-17H,7-8H2,1-2H3. The zero-order chi connectivity index (χ0) is 13.1. The van der Waals surface area contributed by atoms with Gasteiger partial charge in [0, 0.05) is 18.6 Å². The van der Waals surface area contributed by atoms with Crippen LogP contribution >= 0.6 is 0 Å². The number of aromatic hydroxyl groups is 1. The van der Waals surface area contributed by atoms with Gasteiger partial charge in [-0.05, 0) is 19.1 Å². The molecule has 0 unspecified atom stereocenters.